The minimum absolute atomic E-state index is 0. The van der Waals surface area contributed by atoms with Crippen LogP contribution in [0.25, 0.3) is 0 Å². The van der Waals surface area contributed by atoms with E-state index in [0.717, 1.165) is 6.54 Å². The topological polar surface area (TPSA) is 12.0 Å². The molecule has 1 N–H and O–H groups in total. The van der Waals surface area contributed by atoms with Gasteiger partial charge in [-0.2, -0.15) is 11.8 Å². The molecule has 0 heterocycles. The van der Waals surface area contributed by atoms with Crippen molar-refractivity contribution in [3.8, 4) is 0 Å². The van der Waals surface area contributed by atoms with E-state index < -0.39 is 0 Å². The summed E-state index contributed by atoms with van der Waals surface area (Å²) < 4.78 is 0. The number of thioether (sulfide) groups is 1. The number of hydrogen-bond donors (Lipinski definition) is 1. The molecule has 0 unspecified atom stereocenters. The van der Waals surface area contributed by atoms with Gasteiger partial charge < -0.3 is 5.32 Å². The number of unbranched alkanes of at least 4 members (excludes halogenated alkanes) is 3. The van der Waals surface area contributed by atoms with Gasteiger partial charge in [-0.05, 0) is 30.9 Å². The second-order valence-electron chi connectivity index (χ2n) is 2.61. The fraction of sp³-hybridized carbons (Fsp3) is 0.889. The standard InChI is InChI=1S/C9H20NS.Y/c1-3-11-9-7-5-4-6-8-10-2;/h10H,2-9H2,1H3;/q-1;. The third-order valence-corrected chi connectivity index (χ3v) is 2.58. The van der Waals surface area contributed by atoms with Crippen LogP contribution in [0.4, 0.5) is 0 Å². The molecule has 0 aliphatic heterocycles. The molecule has 0 saturated carbocycles. The van der Waals surface area contributed by atoms with E-state index in [2.05, 4.69) is 19.3 Å². The summed E-state index contributed by atoms with van der Waals surface area (Å²) in [5.41, 5.74) is 0. The van der Waals surface area contributed by atoms with Crippen LogP contribution in [0.3, 0.4) is 0 Å². The molecule has 0 spiro atoms. The molecule has 0 fully saturated rings. The Morgan fingerprint density at radius 1 is 1.17 bits per heavy atom. The Balaban J connectivity index is 0. The minimum Gasteiger partial charge on any atom is -0.473 e. The third kappa shape index (κ3) is 14.0. The minimum atomic E-state index is 0. The van der Waals surface area contributed by atoms with Crippen LogP contribution in [-0.2, 0) is 32.7 Å². The molecule has 0 saturated heterocycles. The van der Waals surface area contributed by atoms with E-state index in [1.165, 1.54) is 37.2 Å². The van der Waals surface area contributed by atoms with Crippen molar-refractivity contribution in [3.05, 3.63) is 7.05 Å². The van der Waals surface area contributed by atoms with E-state index >= 15 is 0 Å². The summed E-state index contributed by atoms with van der Waals surface area (Å²) in [7, 11) is 3.58. The second-order valence-corrected chi connectivity index (χ2v) is 4.00. The maximum Gasteiger partial charge on any atom is 0 e. The zero-order chi connectivity index (χ0) is 8.36. The van der Waals surface area contributed by atoms with Gasteiger partial charge in [0.1, 0.15) is 0 Å². The van der Waals surface area contributed by atoms with Crippen molar-refractivity contribution in [3.63, 3.8) is 0 Å². The van der Waals surface area contributed by atoms with Gasteiger partial charge in [0.25, 0.3) is 0 Å². The molecule has 0 aromatic heterocycles. The zero-order valence-electron chi connectivity index (χ0n) is 8.14. The molecule has 1 radical (unpaired) electrons. The molecule has 71 valence electrons. The van der Waals surface area contributed by atoms with Crippen LogP contribution in [-0.4, -0.2) is 18.1 Å². The predicted octanol–water partition coefficient (Wildman–Crippen LogP) is 2.68. The third-order valence-electron chi connectivity index (χ3n) is 1.60. The first kappa shape index (κ1) is 15.9. The van der Waals surface area contributed by atoms with E-state index in [9.17, 15) is 0 Å². The summed E-state index contributed by atoms with van der Waals surface area (Å²) in [6.07, 6.45) is 5.40. The largest absolute Gasteiger partial charge is 0.473 e. The SMILES string of the molecule is [CH2-]NCCCCCCSCC.[Y]. The van der Waals surface area contributed by atoms with Gasteiger partial charge in [-0.1, -0.05) is 19.8 Å². The summed E-state index contributed by atoms with van der Waals surface area (Å²) in [6.45, 7) is 3.29. The molecule has 0 rings (SSSR count). The molecule has 0 aliphatic rings. The van der Waals surface area contributed by atoms with Crippen LogP contribution < -0.4 is 5.32 Å². The van der Waals surface area contributed by atoms with E-state index in [-0.39, 0.29) is 32.7 Å². The first-order valence-corrected chi connectivity index (χ1v) is 5.65. The normalized spacial score (nSPS) is 9.50. The molecule has 0 aliphatic carbocycles. The predicted molar refractivity (Wildman–Crippen MR) is 54.8 cm³/mol. The van der Waals surface area contributed by atoms with Gasteiger partial charge in [-0.3, -0.25) is 7.05 Å². The van der Waals surface area contributed by atoms with Crippen molar-refractivity contribution < 1.29 is 32.7 Å². The fourth-order valence-electron chi connectivity index (χ4n) is 0.952. The molecular formula is C9H20NSY-. The summed E-state index contributed by atoms with van der Waals surface area (Å²) in [5.74, 6) is 2.61. The molecule has 0 atom stereocenters. The molecule has 0 aromatic carbocycles. The van der Waals surface area contributed by atoms with Crippen LogP contribution in [0.15, 0.2) is 0 Å². The summed E-state index contributed by atoms with van der Waals surface area (Å²) in [4.78, 5) is 0. The Kier molecular flexibility index (Phi) is 19.7. The van der Waals surface area contributed by atoms with Crippen LogP contribution >= 0.6 is 11.8 Å². The number of rotatable bonds is 8. The van der Waals surface area contributed by atoms with Crippen molar-refractivity contribution in [1.29, 1.82) is 0 Å². The average Bonchev–Trinajstić information content (AvgIpc) is 2.03. The maximum absolute atomic E-state index is 3.58. The summed E-state index contributed by atoms with van der Waals surface area (Å²) in [5, 5.41) is 2.91. The van der Waals surface area contributed by atoms with E-state index in [4.69, 9.17) is 0 Å². The van der Waals surface area contributed by atoms with Gasteiger partial charge in [0.15, 0.2) is 0 Å². The first-order chi connectivity index (χ1) is 5.41. The monoisotopic (exact) mass is 263 g/mol. The van der Waals surface area contributed by atoms with Gasteiger partial charge in [0.05, 0.1) is 0 Å². The molecule has 0 aromatic rings. The van der Waals surface area contributed by atoms with Crippen LogP contribution in [0, 0.1) is 7.05 Å². The Labute approximate surface area is 107 Å². The van der Waals surface area contributed by atoms with Crippen LogP contribution in [0.1, 0.15) is 32.6 Å². The number of hydrogen-bond acceptors (Lipinski definition) is 2. The van der Waals surface area contributed by atoms with Gasteiger partial charge in [-0.25, -0.2) is 0 Å². The second kappa shape index (κ2) is 14.9. The van der Waals surface area contributed by atoms with Crippen molar-refractivity contribution >= 4 is 11.8 Å². The maximum atomic E-state index is 3.58. The zero-order valence-corrected chi connectivity index (χ0v) is 11.8. The van der Waals surface area contributed by atoms with E-state index in [1.54, 1.807) is 0 Å². The first-order valence-electron chi connectivity index (χ1n) is 4.49. The van der Waals surface area contributed by atoms with Crippen LogP contribution in [0.2, 0.25) is 0 Å². The van der Waals surface area contributed by atoms with E-state index in [0.29, 0.717) is 0 Å². The van der Waals surface area contributed by atoms with Crippen molar-refractivity contribution in [2.24, 2.45) is 0 Å². The molecule has 0 amide bonds. The Hall–Kier alpha value is 1.41. The van der Waals surface area contributed by atoms with E-state index in [1.807, 2.05) is 11.8 Å². The number of nitrogens with one attached hydrogen (secondary N) is 1. The molecular weight excluding hydrogens is 243 g/mol. The van der Waals surface area contributed by atoms with Crippen LogP contribution in [0.5, 0.6) is 0 Å². The average molecular weight is 263 g/mol. The quantitative estimate of drug-likeness (QED) is 0.534. The summed E-state index contributed by atoms with van der Waals surface area (Å²) >= 11 is 2.04. The molecule has 12 heavy (non-hydrogen) atoms. The Bertz CT molecular complexity index is 63.5. The van der Waals surface area contributed by atoms with Gasteiger partial charge in [-0.15, -0.1) is 0 Å². The molecule has 1 nitrogen and oxygen atoms in total. The van der Waals surface area contributed by atoms with Crippen molar-refractivity contribution in [2.75, 3.05) is 18.1 Å². The Morgan fingerprint density at radius 3 is 2.42 bits per heavy atom. The van der Waals surface area contributed by atoms with Crippen molar-refractivity contribution in [2.45, 2.75) is 32.6 Å². The summed E-state index contributed by atoms with van der Waals surface area (Å²) in [6, 6.07) is 0. The van der Waals surface area contributed by atoms with Gasteiger partial charge in [0.2, 0.25) is 0 Å². The van der Waals surface area contributed by atoms with Gasteiger partial charge >= 0.3 is 0 Å². The smallest absolute Gasteiger partial charge is 0 e. The van der Waals surface area contributed by atoms with Gasteiger partial charge in [0, 0.05) is 32.7 Å². The molecule has 3 heteroatoms. The Morgan fingerprint density at radius 2 is 1.83 bits per heavy atom. The molecule has 0 bridgehead atoms. The fourth-order valence-corrected chi connectivity index (χ4v) is 1.65. The van der Waals surface area contributed by atoms with Crippen molar-refractivity contribution in [1.82, 2.24) is 5.32 Å².